The third kappa shape index (κ3) is 2.98. The minimum atomic E-state index is -0.451. The molecule has 2 aliphatic carbocycles. The number of fused-ring (bicyclic) bond motifs is 1. The molecule has 0 saturated heterocycles. The monoisotopic (exact) mass is 324 g/mol. The summed E-state index contributed by atoms with van der Waals surface area (Å²) in [5.41, 5.74) is 2.25. The molecule has 124 valence electrons. The van der Waals surface area contributed by atoms with E-state index < -0.39 is 5.97 Å². The summed E-state index contributed by atoms with van der Waals surface area (Å²) in [7, 11) is 1.76. The lowest BCUT2D eigenvalue weighted by Crippen LogP contribution is -2.32. The summed E-state index contributed by atoms with van der Waals surface area (Å²) in [5.74, 6) is -0.150. The Morgan fingerprint density at radius 2 is 1.96 bits per heavy atom. The molecule has 0 N–H and O–H groups in total. The van der Waals surface area contributed by atoms with E-state index in [1.807, 2.05) is 30.3 Å². The maximum atomic E-state index is 12.5. The van der Waals surface area contributed by atoms with E-state index in [4.69, 9.17) is 4.74 Å². The number of nitrogens with zero attached hydrogens (tertiary/aromatic N) is 2. The number of pyridine rings is 1. The van der Waals surface area contributed by atoms with Crippen LogP contribution in [0.4, 0.5) is 0 Å². The predicted octanol–water partition coefficient (Wildman–Crippen LogP) is 2.89. The highest BCUT2D eigenvalue weighted by Gasteiger charge is 2.30. The summed E-state index contributed by atoms with van der Waals surface area (Å²) >= 11 is 0. The van der Waals surface area contributed by atoms with Crippen molar-refractivity contribution < 1.29 is 14.3 Å². The number of carbonyl (C=O) groups is 2. The van der Waals surface area contributed by atoms with E-state index in [-0.39, 0.29) is 12.5 Å². The molecule has 4 rings (SSSR count). The lowest BCUT2D eigenvalue weighted by molar-refractivity contribution is -0.133. The summed E-state index contributed by atoms with van der Waals surface area (Å²) in [6.45, 7) is -0.207. The van der Waals surface area contributed by atoms with E-state index in [9.17, 15) is 9.59 Å². The Balaban J connectivity index is 1.55. The van der Waals surface area contributed by atoms with Gasteiger partial charge in [0.1, 0.15) is 0 Å². The van der Waals surface area contributed by atoms with Gasteiger partial charge < -0.3 is 9.64 Å². The fourth-order valence-corrected chi connectivity index (χ4v) is 2.93. The SMILES string of the molecule is CN(C(=O)COC(=O)c1cc(C2CC2)nc2ccccc12)C1CC1. The molecule has 5 nitrogen and oxygen atoms in total. The zero-order chi connectivity index (χ0) is 16.7. The van der Waals surface area contributed by atoms with Gasteiger partial charge in [-0.15, -0.1) is 0 Å². The number of esters is 1. The molecule has 2 aromatic rings. The Labute approximate surface area is 140 Å². The van der Waals surface area contributed by atoms with Crippen LogP contribution < -0.4 is 0 Å². The minimum absolute atomic E-state index is 0.147. The first-order valence-corrected chi connectivity index (χ1v) is 8.46. The van der Waals surface area contributed by atoms with Crippen LogP contribution in [0.3, 0.4) is 0 Å². The van der Waals surface area contributed by atoms with Crippen LogP contribution in [0.25, 0.3) is 10.9 Å². The Kier molecular flexibility index (Phi) is 3.71. The second-order valence-corrected chi connectivity index (χ2v) is 6.70. The molecular formula is C19H20N2O3. The van der Waals surface area contributed by atoms with Crippen LogP contribution in [-0.4, -0.2) is 41.5 Å². The Bertz CT molecular complexity index is 809. The van der Waals surface area contributed by atoms with Crippen molar-refractivity contribution in [1.29, 1.82) is 0 Å². The first-order chi connectivity index (χ1) is 11.6. The van der Waals surface area contributed by atoms with E-state index in [0.29, 0.717) is 17.5 Å². The number of benzene rings is 1. The smallest absolute Gasteiger partial charge is 0.339 e. The number of hydrogen-bond acceptors (Lipinski definition) is 4. The summed E-state index contributed by atoms with van der Waals surface area (Å²) < 4.78 is 5.29. The van der Waals surface area contributed by atoms with Gasteiger partial charge in [0.15, 0.2) is 6.61 Å². The average Bonchev–Trinajstić information content (AvgIpc) is 3.50. The lowest BCUT2D eigenvalue weighted by Gasteiger charge is -2.16. The molecule has 0 aliphatic heterocycles. The largest absolute Gasteiger partial charge is 0.452 e. The van der Waals surface area contributed by atoms with Crippen LogP contribution in [0, 0.1) is 0 Å². The highest BCUT2D eigenvalue weighted by atomic mass is 16.5. The Hall–Kier alpha value is -2.43. The van der Waals surface area contributed by atoms with Crippen molar-refractivity contribution in [2.75, 3.05) is 13.7 Å². The number of ether oxygens (including phenoxy) is 1. The van der Waals surface area contributed by atoms with E-state index in [2.05, 4.69) is 4.98 Å². The second-order valence-electron chi connectivity index (χ2n) is 6.70. The zero-order valence-electron chi connectivity index (χ0n) is 13.7. The molecule has 1 heterocycles. The van der Waals surface area contributed by atoms with E-state index in [0.717, 1.165) is 42.3 Å². The maximum absolute atomic E-state index is 12.5. The number of amides is 1. The predicted molar refractivity (Wildman–Crippen MR) is 89.8 cm³/mol. The van der Waals surface area contributed by atoms with Gasteiger partial charge in [0, 0.05) is 30.1 Å². The van der Waals surface area contributed by atoms with Gasteiger partial charge in [-0.3, -0.25) is 9.78 Å². The normalized spacial score (nSPS) is 16.9. The highest BCUT2D eigenvalue weighted by Crippen LogP contribution is 2.40. The van der Waals surface area contributed by atoms with Crippen LogP contribution in [-0.2, 0) is 9.53 Å². The van der Waals surface area contributed by atoms with Gasteiger partial charge in [-0.2, -0.15) is 0 Å². The summed E-state index contributed by atoms with van der Waals surface area (Å²) in [6, 6.07) is 9.72. The molecule has 5 heteroatoms. The van der Waals surface area contributed by atoms with E-state index in [1.165, 1.54) is 0 Å². The van der Waals surface area contributed by atoms with Gasteiger partial charge in [0.2, 0.25) is 0 Å². The molecule has 1 amide bonds. The van der Waals surface area contributed by atoms with Crippen molar-refractivity contribution in [2.24, 2.45) is 0 Å². The highest BCUT2D eigenvalue weighted by molar-refractivity contribution is 6.04. The minimum Gasteiger partial charge on any atom is -0.452 e. The van der Waals surface area contributed by atoms with Crippen molar-refractivity contribution in [3.8, 4) is 0 Å². The van der Waals surface area contributed by atoms with Crippen LogP contribution >= 0.6 is 0 Å². The molecule has 0 bridgehead atoms. The summed E-state index contributed by atoms with van der Waals surface area (Å²) in [5, 5.41) is 0.773. The lowest BCUT2D eigenvalue weighted by atomic mass is 10.1. The van der Waals surface area contributed by atoms with Gasteiger partial charge in [-0.05, 0) is 37.8 Å². The van der Waals surface area contributed by atoms with Crippen LogP contribution in [0.2, 0.25) is 0 Å². The van der Waals surface area contributed by atoms with Crippen LogP contribution in [0.15, 0.2) is 30.3 Å². The average molecular weight is 324 g/mol. The topological polar surface area (TPSA) is 59.5 Å². The van der Waals surface area contributed by atoms with Crippen molar-refractivity contribution in [3.63, 3.8) is 0 Å². The molecule has 0 atom stereocenters. The molecule has 0 spiro atoms. The Morgan fingerprint density at radius 3 is 2.67 bits per heavy atom. The van der Waals surface area contributed by atoms with E-state index in [1.54, 1.807) is 11.9 Å². The number of aromatic nitrogens is 1. The Morgan fingerprint density at radius 1 is 1.21 bits per heavy atom. The zero-order valence-corrected chi connectivity index (χ0v) is 13.7. The third-order valence-electron chi connectivity index (χ3n) is 4.77. The number of hydrogen-bond donors (Lipinski definition) is 0. The van der Waals surface area contributed by atoms with Crippen molar-refractivity contribution >= 4 is 22.8 Å². The second kappa shape index (κ2) is 5.89. The third-order valence-corrected chi connectivity index (χ3v) is 4.77. The molecule has 1 aromatic carbocycles. The molecule has 0 radical (unpaired) electrons. The fraction of sp³-hybridized carbons (Fsp3) is 0.421. The van der Waals surface area contributed by atoms with Crippen LogP contribution in [0.1, 0.15) is 47.7 Å². The molecule has 2 saturated carbocycles. The first kappa shape index (κ1) is 15.1. The van der Waals surface area contributed by atoms with Gasteiger partial charge in [0.25, 0.3) is 5.91 Å². The quantitative estimate of drug-likeness (QED) is 0.794. The molecule has 2 aliphatic rings. The summed E-state index contributed by atoms with van der Waals surface area (Å²) in [4.78, 5) is 30.9. The van der Waals surface area contributed by atoms with Gasteiger partial charge >= 0.3 is 5.97 Å². The summed E-state index contributed by atoms with van der Waals surface area (Å²) in [6.07, 6.45) is 4.31. The van der Waals surface area contributed by atoms with Crippen molar-refractivity contribution in [3.05, 3.63) is 41.6 Å². The van der Waals surface area contributed by atoms with Crippen molar-refractivity contribution in [2.45, 2.75) is 37.6 Å². The first-order valence-electron chi connectivity index (χ1n) is 8.46. The van der Waals surface area contributed by atoms with Crippen molar-refractivity contribution in [1.82, 2.24) is 9.88 Å². The van der Waals surface area contributed by atoms with Crippen LogP contribution in [0.5, 0.6) is 0 Å². The number of para-hydroxylation sites is 1. The van der Waals surface area contributed by atoms with Gasteiger partial charge in [-0.25, -0.2) is 4.79 Å². The van der Waals surface area contributed by atoms with E-state index >= 15 is 0 Å². The number of rotatable bonds is 5. The molecule has 24 heavy (non-hydrogen) atoms. The van der Waals surface area contributed by atoms with Gasteiger partial charge in [-0.1, -0.05) is 18.2 Å². The molecule has 0 unspecified atom stereocenters. The maximum Gasteiger partial charge on any atom is 0.339 e. The fourth-order valence-electron chi connectivity index (χ4n) is 2.93. The number of carbonyl (C=O) groups excluding carboxylic acids is 2. The molecule has 2 fully saturated rings. The van der Waals surface area contributed by atoms with Gasteiger partial charge in [0.05, 0.1) is 11.1 Å². The standard InChI is InChI=1S/C19H20N2O3/c1-21(13-8-9-13)18(22)11-24-19(23)15-10-17(12-6-7-12)20-16-5-3-2-4-14(15)16/h2-5,10,12-13H,6-9,11H2,1H3. The molecule has 1 aromatic heterocycles. The number of likely N-dealkylation sites (N-methyl/N-ethyl adjacent to an activating group) is 1. The molecular weight excluding hydrogens is 304 g/mol.